The summed E-state index contributed by atoms with van der Waals surface area (Å²) in [4.78, 5) is 12.9. The minimum Gasteiger partial charge on any atom is -0.493 e. The summed E-state index contributed by atoms with van der Waals surface area (Å²) in [5.41, 5.74) is 2.23. The molecule has 0 aromatic heterocycles. The second kappa shape index (κ2) is 7.57. The molecule has 1 aliphatic carbocycles. The highest BCUT2D eigenvalue weighted by Crippen LogP contribution is 2.38. The highest BCUT2D eigenvalue weighted by atomic mass is 16.5. The highest BCUT2D eigenvalue weighted by molar-refractivity contribution is 5.96. The summed E-state index contributed by atoms with van der Waals surface area (Å²) in [6.07, 6.45) is 2.78. The Morgan fingerprint density at radius 2 is 1.74 bits per heavy atom. The smallest absolute Gasteiger partial charge is 0.208 e. The van der Waals surface area contributed by atoms with Crippen molar-refractivity contribution in [2.45, 2.75) is 38.4 Å². The van der Waals surface area contributed by atoms with Crippen LogP contribution in [0.5, 0.6) is 5.75 Å². The summed E-state index contributed by atoms with van der Waals surface area (Å²) in [5, 5.41) is 10.2. The van der Waals surface area contributed by atoms with Gasteiger partial charge in [0.05, 0.1) is 12.0 Å². The molecule has 0 spiro atoms. The lowest BCUT2D eigenvalue weighted by Gasteiger charge is -2.39. The Morgan fingerprint density at radius 1 is 1.04 bits per heavy atom. The van der Waals surface area contributed by atoms with Crippen LogP contribution in [0.1, 0.15) is 26.2 Å². The number of allylic oxidation sites excluding steroid dienone is 1. The summed E-state index contributed by atoms with van der Waals surface area (Å²) >= 11 is 0. The Balaban J connectivity index is 1.47. The zero-order chi connectivity index (χ0) is 18.8. The summed E-state index contributed by atoms with van der Waals surface area (Å²) in [7, 11) is 0. The molecule has 0 amide bonds. The van der Waals surface area contributed by atoms with E-state index in [2.05, 4.69) is 12.1 Å². The van der Waals surface area contributed by atoms with Gasteiger partial charge in [-0.15, -0.1) is 0 Å². The molecule has 0 saturated heterocycles. The molecule has 0 radical (unpaired) electrons. The van der Waals surface area contributed by atoms with Gasteiger partial charge in [-0.2, -0.15) is 0 Å². The number of carbonyl (C=O) groups is 1. The van der Waals surface area contributed by atoms with Crippen molar-refractivity contribution in [1.82, 2.24) is 0 Å². The molecular formula is C23H24O4. The lowest BCUT2D eigenvalue weighted by Crippen LogP contribution is -2.45. The van der Waals surface area contributed by atoms with Crippen LogP contribution in [0.3, 0.4) is 0 Å². The number of hydrogen-bond acceptors (Lipinski definition) is 4. The van der Waals surface area contributed by atoms with E-state index in [1.54, 1.807) is 0 Å². The molecule has 1 heterocycles. The predicted octanol–water partition coefficient (Wildman–Crippen LogP) is 4.34. The van der Waals surface area contributed by atoms with Crippen LogP contribution in [0.2, 0.25) is 0 Å². The maximum atomic E-state index is 12.9. The zero-order valence-corrected chi connectivity index (χ0v) is 15.4. The van der Waals surface area contributed by atoms with Gasteiger partial charge in [0.1, 0.15) is 18.1 Å². The molecule has 4 heteroatoms. The van der Waals surface area contributed by atoms with E-state index in [1.807, 2.05) is 49.4 Å². The Labute approximate surface area is 159 Å². The number of ether oxygens (including phenoxy) is 2. The van der Waals surface area contributed by atoms with Crippen molar-refractivity contribution < 1.29 is 19.4 Å². The summed E-state index contributed by atoms with van der Waals surface area (Å²) in [6, 6.07) is 17.8. The lowest BCUT2D eigenvalue weighted by atomic mass is 9.73. The molecule has 4 nitrogen and oxygen atoms in total. The standard InChI is InChI=1S/C23H24O4/c1-2-15-12-19-21(13-20(15)24)26-14-22(23(19)25)27-18-10-8-17(9-11-18)16-6-4-3-5-7-16/h3-11,14-15,19-21,24H,2,12-13H2,1H3. The zero-order valence-electron chi connectivity index (χ0n) is 15.4. The monoisotopic (exact) mass is 364 g/mol. The second-order valence-corrected chi connectivity index (χ2v) is 7.33. The Bertz CT molecular complexity index is 825. The third-order valence-electron chi connectivity index (χ3n) is 5.67. The van der Waals surface area contributed by atoms with Gasteiger partial charge in [0, 0.05) is 6.42 Å². The number of rotatable bonds is 4. The van der Waals surface area contributed by atoms with Crippen LogP contribution in [0.15, 0.2) is 66.6 Å². The van der Waals surface area contributed by atoms with Crippen molar-refractivity contribution in [3.05, 3.63) is 66.6 Å². The summed E-state index contributed by atoms with van der Waals surface area (Å²) < 4.78 is 11.6. The quantitative estimate of drug-likeness (QED) is 0.877. The average molecular weight is 364 g/mol. The number of ketones is 1. The fourth-order valence-corrected chi connectivity index (χ4v) is 4.03. The number of Topliss-reactive ketones (excluding diaryl/α,β-unsaturated/α-hetero) is 1. The van der Waals surface area contributed by atoms with E-state index in [0.29, 0.717) is 18.6 Å². The number of benzene rings is 2. The average Bonchev–Trinajstić information content (AvgIpc) is 2.71. The van der Waals surface area contributed by atoms with Crippen molar-refractivity contribution in [1.29, 1.82) is 0 Å². The number of aliphatic hydroxyl groups excluding tert-OH is 1. The van der Waals surface area contributed by atoms with E-state index in [4.69, 9.17) is 9.47 Å². The SMILES string of the molecule is CCC1CC2C(=O)C(Oc3ccc(-c4ccccc4)cc3)=COC2CC1O. The third kappa shape index (κ3) is 3.62. The van der Waals surface area contributed by atoms with Crippen molar-refractivity contribution in [2.24, 2.45) is 11.8 Å². The fourth-order valence-electron chi connectivity index (χ4n) is 4.03. The van der Waals surface area contributed by atoms with E-state index in [1.165, 1.54) is 6.26 Å². The number of hydrogen-bond donors (Lipinski definition) is 1. The molecule has 1 saturated carbocycles. The first kappa shape index (κ1) is 17.8. The van der Waals surface area contributed by atoms with Crippen LogP contribution >= 0.6 is 0 Å². The fraction of sp³-hybridized carbons (Fsp3) is 0.348. The van der Waals surface area contributed by atoms with Crippen LogP contribution in [0, 0.1) is 11.8 Å². The normalized spacial score (nSPS) is 27.3. The van der Waals surface area contributed by atoms with E-state index in [0.717, 1.165) is 17.5 Å². The molecule has 1 N–H and O–H groups in total. The topological polar surface area (TPSA) is 55.8 Å². The molecule has 2 aliphatic rings. The Hall–Kier alpha value is -2.59. The molecule has 27 heavy (non-hydrogen) atoms. The van der Waals surface area contributed by atoms with E-state index >= 15 is 0 Å². The van der Waals surface area contributed by atoms with Crippen molar-refractivity contribution in [3.8, 4) is 16.9 Å². The van der Waals surface area contributed by atoms with Crippen LogP contribution < -0.4 is 4.74 Å². The predicted molar refractivity (Wildman–Crippen MR) is 103 cm³/mol. The molecule has 4 unspecified atom stereocenters. The second-order valence-electron chi connectivity index (χ2n) is 7.33. The summed E-state index contributed by atoms with van der Waals surface area (Å²) in [6.45, 7) is 2.05. The lowest BCUT2D eigenvalue weighted by molar-refractivity contribution is -0.135. The molecule has 1 aliphatic heterocycles. The Morgan fingerprint density at radius 3 is 2.44 bits per heavy atom. The maximum absolute atomic E-state index is 12.9. The van der Waals surface area contributed by atoms with Crippen molar-refractivity contribution >= 4 is 5.78 Å². The first-order chi connectivity index (χ1) is 13.2. The molecule has 2 aromatic rings. The van der Waals surface area contributed by atoms with E-state index in [-0.39, 0.29) is 29.5 Å². The van der Waals surface area contributed by atoms with Crippen molar-refractivity contribution in [2.75, 3.05) is 0 Å². The van der Waals surface area contributed by atoms with E-state index in [9.17, 15) is 9.90 Å². The van der Waals surface area contributed by atoms with E-state index < -0.39 is 6.10 Å². The van der Waals surface area contributed by atoms with Gasteiger partial charge in [0.2, 0.25) is 11.5 Å². The van der Waals surface area contributed by atoms with Crippen molar-refractivity contribution in [3.63, 3.8) is 0 Å². The first-order valence-electron chi connectivity index (χ1n) is 9.57. The molecule has 4 atom stereocenters. The minimum atomic E-state index is -0.398. The minimum absolute atomic E-state index is 0.0243. The van der Waals surface area contributed by atoms with Crippen LogP contribution in [0.4, 0.5) is 0 Å². The third-order valence-corrected chi connectivity index (χ3v) is 5.67. The van der Waals surface area contributed by atoms with Gasteiger partial charge >= 0.3 is 0 Å². The van der Waals surface area contributed by atoms with Gasteiger partial charge in [-0.05, 0) is 35.6 Å². The Kier molecular flexibility index (Phi) is 4.99. The first-order valence-corrected chi connectivity index (χ1v) is 9.57. The number of aliphatic hydroxyl groups is 1. The molecule has 140 valence electrons. The van der Waals surface area contributed by atoms with Crippen LogP contribution in [0.25, 0.3) is 11.1 Å². The van der Waals surface area contributed by atoms with Crippen LogP contribution in [-0.2, 0) is 9.53 Å². The van der Waals surface area contributed by atoms with Crippen LogP contribution in [-0.4, -0.2) is 23.1 Å². The largest absolute Gasteiger partial charge is 0.493 e. The molecule has 2 aromatic carbocycles. The summed E-state index contributed by atoms with van der Waals surface area (Å²) in [5.74, 6) is 0.739. The molecular weight excluding hydrogens is 340 g/mol. The number of fused-ring (bicyclic) bond motifs is 1. The molecule has 4 rings (SSSR count). The van der Waals surface area contributed by atoms with Gasteiger partial charge in [0.25, 0.3) is 0 Å². The maximum Gasteiger partial charge on any atom is 0.208 e. The highest BCUT2D eigenvalue weighted by Gasteiger charge is 2.44. The van der Waals surface area contributed by atoms with Gasteiger partial charge < -0.3 is 14.6 Å². The van der Waals surface area contributed by atoms with Gasteiger partial charge in [0.15, 0.2) is 0 Å². The van der Waals surface area contributed by atoms with Gasteiger partial charge in [-0.3, -0.25) is 4.79 Å². The van der Waals surface area contributed by atoms with Gasteiger partial charge in [-0.1, -0.05) is 55.8 Å². The number of carbonyl (C=O) groups excluding carboxylic acids is 1. The van der Waals surface area contributed by atoms with Gasteiger partial charge in [-0.25, -0.2) is 0 Å². The molecule has 1 fully saturated rings. The molecule has 0 bridgehead atoms.